The number of benzene rings is 2. The van der Waals surface area contributed by atoms with Gasteiger partial charge in [-0.1, -0.05) is 60.7 Å². The van der Waals surface area contributed by atoms with Gasteiger partial charge in [-0.3, -0.25) is 9.69 Å². The van der Waals surface area contributed by atoms with Gasteiger partial charge in [-0.05, 0) is 11.1 Å². The Bertz CT molecular complexity index is 643. The van der Waals surface area contributed by atoms with E-state index >= 15 is 0 Å². The molecule has 4 nitrogen and oxygen atoms in total. The van der Waals surface area contributed by atoms with Crippen LogP contribution in [-0.2, 0) is 10.3 Å². The molecule has 1 aliphatic heterocycles. The fourth-order valence-corrected chi connectivity index (χ4v) is 3.00. The topological polar surface area (TPSA) is 40.6 Å². The molecule has 21 heavy (non-hydrogen) atoms. The molecule has 3 rings (SSSR count). The maximum absolute atomic E-state index is 12.9. The van der Waals surface area contributed by atoms with Crippen LogP contribution < -0.4 is 0 Å². The Balaban J connectivity index is 2.32. The smallest absolute Gasteiger partial charge is 0.305 e. The highest BCUT2D eigenvalue weighted by molar-refractivity contribution is 6.09. The Morgan fingerprint density at radius 1 is 0.762 bits per heavy atom. The quantitative estimate of drug-likeness (QED) is 0.793. The first kappa shape index (κ1) is 13.4. The fraction of sp³-hybridized carbons (Fsp3) is 0.176. The third-order valence-electron chi connectivity index (χ3n) is 4.07. The predicted octanol–water partition coefficient (Wildman–Crippen LogP) is 2.45. The highest BCUT2D eigenvalue weighted by Gasteiger charge is 2.56. The maximum atomic E-state index is 12.9. The Hall–Kier alpha value is -2.62. The molecule has 2 aromatic rings. The molecule has 1 aliphatic rings. The predicted molar refractivity (Wildman–Crippen MR) is 79.6 cm³/mol. The van der Waals surface area contributed by atoms with Crippen LogP contribution in [0.2, 0.25) is 0 Å². The van der Waals surface area contributed by atoms with E-state index in [0.717, 1.165) is 11.1 Å². The van der Waals surface area contributed by atoms with Crippen molar-refractivity contribution in [3.8, 4) is 0 Å². The summed E-state index contributed by atoms with van der Waals surface area (Å²) in [4.78, 5) is 27.9. The van der Waals surface area contributed by atoms with Crippen molar-refractivity contribution in [3.63, 3.8) is 0 Å². The Labute approximate surface area is 123 Å². The van der Waals surface area contributed by atoms with Gasteiger partial charge in [0.1, 0.15) is 0 Å². The molecule has 0 saturated carbocycles. The molecule has 0 atom stereocenters. The van der Waals surface area contributed by atoms with Crippen molar-refractivity contribution in [3.05, 3.63) is 71.8 Å². The SMILES string of the molecule is CN1C(=O)N(C)C(c2ccccc2)(c2ccccc2)C1=O. The summed E-state index contributed by atoms with van der Waals surface area (Å²) in [5.41, 5.74) is 0.497. The van der Waals surface area contributed by atoms with Gasteiger partial charge >= 0.3 is 6.03 Å². The van der Waals surface area contributed by atoms with Crippen molar-refractivity contribution < 1.29 is 9.59 Å². The zero-order valence-electron chi connectivity index (χ0n) is 12.0. The first-order valence-electron chi connectivity index (χ1n) is 6.77. The van der Waals surface area contributed by atoms with Gasteiger partial charge in [0.15, 0.2) is 5.54 Å². The lowest BCUT2D eigenvalue weighted by Gasteiger charge is -2.33. The normalized spacial score (nSPS) is 17.4. The average molecular weight is 280 g/mol. The number of nitrogens with zero attached hydrogens (tertiary/aromatic N) is 2. The lowest BCUT2D eigenvalue weighted by Crippen LogP contribution is -2.45. The van der Waals surface area contributed by atoms with Crippen molar-refractivity contribution in [1.29, 1.82) is 0 Å². The van der Waals surface area contributed by atoms with E-state index in [0.29, 0.717) is 0 Å². The third-order valence-corrected chi connectivity index (χ3v) is 4.07. The highest BCUT2D eigenvalue weighted by Crippen LogP contribution is 2.41. The molecule has 2 aromatic carbocycles. The van der Waals surface area contributed by atoms with Gasteiger partial charge in [0.25, 0.3) is 5.91 Å². The average Bonchev–Trinajstić information content (AvgIpc) is 2.71. The van der Waals surface area contributed by atoms with Gasteiger partial charge in [0.05, 0.1) is 0 Å². The summed E-state index contributed by atoms with van der Waals surface area (Å²) in [7, 11) is 3.19. The Morgan fingerprint density at radius 2 is 1.19 bits per heavy atom. The minimum Gasteiger partial charge on any atom is -0.305 e. The van der Waals surface area contributed by atoms with E-state index in [1.165, 1.54) is 16.8 Å². The van der Waals surface area contributed by atoms with Crippen LogP contribution >= 0.6 is 0 Å². The molecule has 0 aromatic heterocycles. The van der Waals surface area contributed by atoms with E-state index in [4.69, 9.17) is 0 Å². The summed E-state index contributed by atoms with van der Waals surface area (Å²) >= 11 is 0. The van der Waals surface area contributed by atoms with Gasteiger partial charge < -0.3 is 4.90 Å². The second kappa shape index (κ2) is 4.74. The van der Waals surface area contributed by atoms with E-state index in [-0.39, 0.29) is 11.9 Å². The van der Waals surface area contributed by atoms with Crippen LogP contribution in [0.3, 0.4) is 0 Å². The summed E-state index contributed by atoms with van der Waals surface area (Å²) in [6, 6.07) is 18.5. The minimum absolute atomic E-state index is 0.229. The fourth-order valence-electron chi connectivity index (χ4n) is 3.00. The van der Waals surface area contributed by atoms with Crippen molar-refractivity contribution in [2.45, 2.75) is 5.54 Å². The van der Waals surface area contributed by atoms with Crippen molar-refractivity contribution in [2.75, 3.05) is 14.1 Å². The van der Waals surface area contributed by atoms with Gasteiger partial charge in [-0.2, -0.15) is 0 Å². The summed E-state index contributed by atoms with van der Waals surface area (Å²) < 4.78 is 0. The molecule has 1 fully saturated rings. The molecular weight excluding hydrogens is 264 g/mol. The summed E-state index contributed by atoms with van der Waals surface area (Å²) in [5.74, 6) is -0.229. The molecule has 106 valence electrons. The number of amides is 3. The largest absolute Gasteiger partial charge is 0.327 e. The molecule has 0 unspecified atom stereocenters. The molecule has 3 amide bonds. The van der Waals surface area contributed by atoms with Crippen molar-refractivity contribution in [2.24, 2.45) is 0 Å². The zero-order valence-corrected chi connectivity index (χ0v) is 12.0. The number of carbonyl (C=O) groups excluding carboxylic acids is 2. The van der Waals surface area contributed by atoms with Crippen LogP contribution in [0.25, 0.3) is 0 Å². The number of hydrogen-bond donors (Lipinski definition) is 0. The molecule has 1 saturated heterocycles. The number of rotatable bonds is 2. The molecule has 1 heterocycles. The van der Waals surface area contributed by atoms with Crippen LogP contribution in [0.4, 0.5) is 4.79 Å². The standard InChI is InChI=1S/C17H16N2O2/c1-18-15(20)17(19(2)16(18)21,13-9-5-3-6-10-13)14-11-7-4-8-12-14/h3-12H,1-2H3. The third kappa shape index (κ3) is 1.69. The van der Waals surface area contributed by atoms with Crippen LogP contribution in [0.1, 0.15) is 11.1 Å². The van der Waals surface area contributed by atoms with Crippen molar-refractivity contribution >= 4 is 11.9 Å². The van der Waals surface area contributed by atoms with Gasteiger partial charge in [0.2, 0.25) is 0 Å². The molecule has 0 radical (unpaired) electrons. The van der Waals surface area contributed by atoms with Crippen LogP contribution in [0, 0.1) is 0 Å². The molecular formula is C17H16N2O2. The monoisotopic (exact) mass is 280 g/mol. The van der Waals surface area contributed by atoms with Gasteiger partial charge in [0, 0.05) is 14.1 Å². The minimum atomic E-state index is -1.09. The number of urea groups is 1. The number of imide groups is 1. The number of carbonyl (C=O) groups is 2. The molecule has 4 heteroatoms. The first-order chi connectivity index (χ1) is 10.1. The number of likely N-dealkylation sites (N-methyl/N-ethyl adjacent to an activating group) is 2. The first-order valence-corrected chi connectivity index (χ1v) is 6.77. The summed E-state index contributed by atoms with van der Waals surface area (Å²) in [6.45, 7) is 0. The second-order valence-electron chi connectivity index (χ2n) is 5.15. The van der Waals surface area contributed by atoms with E-state index in [2.05, 4.69) is 0 Å². The molecule has 0 aliphatic carbocycles. The lowest BCUT2D eigenvalue weighted by molar-refractivity contribution is -0.130. The van der Waals surface area contributed by atoms with Crippen LogP contribution in [-0.4, -0.2) is 35.8 Å². The van der Waals surface area contributed by atoms with Crippen molar-refractivity contribution in [1.82, 2.24) is 9.80 Å². The molecule has 0 spiro atoms. The van der Waals surface area contributed by atoms with E-state index in [9.17, 15) is 9.59 Å². The summed E-state index contributed by atoms with van der Waals surface area (Å²) in [5, 5.41) is 0. The van der Waals surface area contributed by atoms with Gasteiger partial charge in [-0.15, -0.1) is 0 Å². The highest BCUT2D eigenvalue weighted by atomic mass is 16.2. The van der Waals surface area contributed by atoms with Gasteiger partial charge in [-0.25, -0.2) is 4.79 Å². The molecule has 0 N–H and O–H groups in total. The van der Waals surface area contributed by atoms with E-state index in [1.807, 2.05) is 60.7 Å². The molecule has 0 bridgehead atoms. The van der Waals surface area contributed by atoms with E-state index in [1.54, 1.807) is 7.05 Å². The number of hydrogen-bond acceptors (Lipinski definition) is 2. The Kier molecular flexibility index (Phi) is 3.01. The lowest BCUT2D eigenvalue weighted by atomic mass is 9.81. The van der Waals surface area contributed by atoms with Crippen LogP contribution in [0.5, 0.6) is 0 Å². The van der Waals surface area contributed by atoms with E-state index < -0.39 is 5.54 Å². The maximum Gasteiger partial charge on any atom is 0.327 e. The second-order valence-corrected chi connectivity index (χ2v) is 5.15. The summed E-state index contributed by atoms with van der Waals surface area (Å²) in [6.07, 6.45) is 0. The Morgan fingerprint density at radius 3 is 1.52 bits per heavy atom. The van der Waals surface area contributed by atoms with Crippen LogP contribution in [0.15, 0.2) is 60.7 Å². The zero-order chi connectivity index (χ0) is 15.0.